The summed E-state index contributed by atoms with van der Waals surface area (Å²) in [6, 6.07) is 1.29. The highest BCUT2D eigenvalue weighted by atomic mass is 32.2. The van der Waals surface area contributed by atoms with Gasteiger partial charge in [-0.1, -0.05) is 13.3 Å². The Bertz CT molecular complexity index is 188. The molecule has 2 nitrogen and oxygen atoms in total. The van der Waals surface area contributed by atoms with E-state index in [2.05, 4.69) is 24.0 Å². The quantitative estimate of drug-likeness (QED) is 0.750. The maximum Gasteiger partial charge on any atom is 0.0474 e. The van der Waals surface area contributed by atoms with Gasteiger partial charge in [0.15, 0.2) is 0 Å². The van der Waals surface area contributed by atoms with Crippen LogP contribution < -0.4 is 5.32 Å². The van der Waals surface area contributed by atoms with Crippen molar-refractivity contribution < 1.29 is 5.11 Å². The molecule has 1 aliphatic heterocycles. The molecule has 0 spiro atoms. The molecular formula is C11H21NOS. The lowest BCUT2D eigenvalue weighted by Gasteiger charge is -2.23. The lowest BCUT2D eigenvalue weighted by atomic mass is 10.0. The molecule has 1 heterocycles. The van der Waals surface area contributed by atoms with E-state index in [4.69, 9.17) is 0 Å². The molecule has 1 saturated carbocycles. The fraction of sp³-hybridized carbons (Fsp3) is 1.00. The third-order valence-corrected chi connectivity index (χ3v) is 4.90. The first-order valence-electron chi connectivity index (χ1n) is 5.78. The second-order valence-corrected chi connectivity index (χ2v) is 6.19. The van der Waals surface area contributed by atoms with Gasteiger partial charge >= 0.3 is 0 Å². The molecule has 0 aromatic rings. The van der Waals surface area contributed by atoms with E-state index in [1.165, 1.54) is 31.4 Å². The largest absolute Gasteiger partial charge is 0.396 e. The van der Waals surface area contributed by atoms with Crippen LogP contribution in [0.15, 0.2) is 0 Å². The standard InChI is InChI=1S/C11H21NOS/c1-8-5-10(7-14-8)12-11-4-2-3-9(11)6-13/h8-13H,2-7H2,1H3. The van der Waals surface area contributed by atoms with Crippen molar-refractivity contribution in [3.05, 3.63) is 0 Å². The second kappa shape index (κ2) is 4.86. The van der Waals surface area contributed by atoms with Gasteiger partial charge in [-0.25, -0.2) is 0 Å². The minimum Gasteiger partial charge on any atom is -0.396 e. The van der Waals surface area contributed by atoms with E-state index in [1.807, 2.05) is 0 Å². The van der Waals surface area contributed by atoms with Gasteiger partial charge in [-0.05, 0) is 25.2 Å². The highest BCUT2D eigenvalue weighted by molar-refractivity contribution is 8.00. The summed E-state index contributed by atoms with van der Waals surface area (Å²) >= 11 is 2.07. The van der Waals surface area contributed by atoms with Crippen LogP contribution in [-0.2, 0) is 0 Å². The monoisotopic (exact) mass is 215 g/mol. The van der Waals surface area contributed by atoms with E-state index in [1.54, 1.807) is 0 Å². The predicted molar refractivity (Wildman–Crippen MR) is 61.7 cm³/mol. The van der Waals surface area contributed by atoms with Crippen molar-refractivity contribution in [1.82, 2.24) is 5.32 Å². The predicted octanol–water partition coefficient (Wildman–Crippen LogP) is 1.63. The van der Waals surface area contributed by atoms with Gasteiger partial charge in [0.05, 0.1) is 0 Å². The van der Waals surface area contributed by atoms with Crippen molar-refractivity contribution in [3.8, 4) is 0 Å². The van der Waals surface area contributed by atoms with Crippen LogP contribution in [0.25, 0.3) is 0 Å². The van der Waals surface area contributed by atoms with Gasteiger partial charge in [0.25, 0.3) is 0 Å². The molecule has 0 amide bonds. The Morgan fingerprint density at radius 1 is 1.43 bits per heavy atom. The van der Waals surface area contributed by atoms with Gasteiger partial charge in [0.2, 0.25) is 0 Å². The normalized spacial score (nSPS) is 43.3. The van der Waals surface area contributed by atoms with Crippen LogP contribution in [0, 0.1) is 5.92 Å². The topological polar surface area (TPSA) is 32.3 Å². The SMILES string of the molecule is CC1CC(NC2CCCC2CO)CS1. The first-order valence-corrected chi connectivity index (χ1v) is 6.83. The van der Waals surface area contributed by atoms with Crippen LogP contribution in [0.4, 0.5) is 0 Å². The Balaban J connectivity index is 1.79. The molecule has 1 aliphatic carbocycles. The molecule has 82 valence electrons. The van der Waals surface area contributed by atoms with Crippen molar-refractivity contribution >= 4 is 11.8 Å². The molecule has 4 atom stereocenters. The van der Waals surface area contributed by atoms with E-state index in [-0.39, 0.29) is 0 Å². The molecule has 2 N–H and O–H groups in total. The van der Waals surface area contributed by atoms with Gasteiger partial charge in [-0.2, -0.15) is 11.8 Å². The molecule has 2 aliphatic rings. The molecule has 0 aromatic heterocycles. The van der Waals surface area contributed by atoms with Crippen molar-refractivity contribution in [1.29, 1.82) is 0 Å². The first-order chi connectivity index (χ1) is 6.79. The van der Waals surface area contributed by atoms with Crippen LogP contribution in [0.2, 0.25) is 0 Å². The van der Waals surface area contributed by atoms with E-state index >= 15 is 0 Å². The Morgan fingerprint density at radius 2 is 2.29 bits per heavy atom. The van der Waals surface area contributed by atoms with Gasteiger partial charge < -0.3 is 10.4 Å². The Kier molecular flexibility index (Phi) is 3.74. The fourth-order valence-corrected chi connectivity index (χ4v) is 3.87. The first kappa shape index (κ1) is 10.8. The van der Waals surface area contributed by atoms with Gasteiger partial charge in [0, 0.05) is 29.7 Å². The number of hydrogen-bond acceptors (Lipinski definition) is 3. The van der Waals surface area contributed by atoms with Crippen LogP contribution in [0.1, 0.15) is 32.6 Å². The summed E-state index contributed by atoms with van der Waals surface area (Å²) in [5, 5.41) is 13.8. The summed E-state index contributed by atoms with van der Waals surface area (Å²) in [4.78, 5) is 0. The molecule has 0 aromatic carbocycles. The molecule has 2 rings (SSSR count). The Labute approximate surface area is 90.8 Å². The molecule has 3 heteroatoms. The van der Waals surface area contributed by atoms with Gasteiger partial charge in [-0.15, -0.1) is 0 Å². The Hall–Kier alpha value is 0.270. The maximum absolute atomic E-state index is 9.22. The van der Waals surface area contributed by atoms with Crippen molar-refractivity contribution in [3.63, 3.8) is 0 Å². The highest BCUT2D eigenvalue weighted by Crippen LogP contribution is 2.30. The zero-order valence-electron chi connectivity index (χ0n) is 8.91. The van der Waals surface area contributed by atoms with Crippen LogP contribution in [-0.4, -0.2) is 34.8 Å². The molecule has 2 fully saturated rings. The zero-order chi connectivity index (χ0) is 9.97. The summed E-state index contributed by atoms with van der Waals surface area (Å²) in [6.07, 6.45) is 5.07. The number of aliphatic hydroxyl groups is 1. The summed E-state index contributed by atoms with van der Waals surface area (Å²) < 4.78 is 0. The molecule has 0 radical (unpaired) electrons. The molecule has 4 unspecified atom stereocenters. The van der Waals surface area contributed by atoms with E-state index < -0.39 is 0 Å². The number of thioether (sulfide) groups is 1. The fourth-order valence-electron chi connectivity index (χ4n) is 2.71. The molecule has 1 saturated heterocycles. The number of rotatable bonds is 3. The summed E-state index contributed by atoms with van der Waals surface area (Å²) in [5.74, 6) is 1.78. The summed E-state index contributed by atoms with van der Waals surface area (Å²) in [6.45, 7) is 2.68. The van der Waals surface area contributed by atoms with E-state index in [0.717, 1.165) is 5.25 Å². The highest BCUT2D eigenvalue weighted by Gasteiger charge is 2.30. The van der Waals surface area contributed by atoms with Crippen LogP contribution >= 0.6 is 11.8 Å². The van der Waals surface area contributed by atoms with Gasteiger partial charge in [0.1, 0.15) is 0 Å². The van der Waals surface area contributed by atoms with E-state index in [9.17, 15) is 5.11 Å². The molecule has 0 bridgehead atoms. The average molecular weight is 215 g/mol. The smallest absolute Gasteiger partial charge is 0.0474 e. The second-order valence-electron chi connectivity index (χ2n) is 4.72. The average Bonchev–Trinajstić information content (AvgIpc) is 2.76. The maximum atomic E-state index is 9.22. The molecule has 14 heavy (non-hydrogen) atoms. The number of hydrogen-bond donors (Lipinski definition) is 2. The Morgan fingerprint density at radius 3 is 2.93 bits per heavy atom. The van der Waals surface area contributed by atoms with Crippen LogP contribution in [0.3, 0.4) is 0 Å². The number of nitrogens with one attached hydrogen (secondary N) is 1. The minimum absolute atomic E-state index is 0.368. The summed E-state index contributed by atoms with van der Waals surface area (Å²) in [7, 11) is 0. The lowest BCUT2D eigenvalue weighted by molar-refractivity contribution is 0.200. The van der Waals surface area contributed by atoms with Gasteiger partial charge in [-0.3, -0.25) is 0 Å². The lowest BCUT2D eigenvalue weighted by Crippen LogP contribution is -2.41. The van der Waals surface area contributed by atoms with Crippen molar-refractivity contribution in [2.45, 2.75) is 49.9 Å². The minimum atomic E-state index is 0.368. The van der Waals surface area contributed by atoms with Crippen molar-refractivity contribution in [2.24, 2.45) is 5.92 Å². The number of aliphatic hydroxyl groups excluding tert-OH is 1. The summed E-state index contributed by atoms with van der Waals surface area (Å²) in [5.41, 5.74) is 0. The van der Waals surface area contributed by atoms with Crippen molar-refractivity contribution in [2.75, 3.05) is 12.4 Å². The van der Waals surface area contributed by atoms with Crippen LogP contribution in [0.5, 0.6) is 0 Å². The zero-order valence-corrected chi connectivity index (χ0v) is 9.72. The third-order valence-electron chi connectivity index (χ3n) is 3.54. The molecular weight excluding hydrogens is 194 g/mol. The van der Waals surface area contributed by atoms with E-state index in [0.29, 0.717) is 24.6 Å². The third kappa shape index (κ3) is 2.44.